The minimum atomic E-state index is -5.63. The Labute approximate surface area is 136 Å². The second-order valence-corrected chi connectivity index (χ2v) is 7.05. The smallest absolute Gasteiger partial charge is 0.384 e. The molecule has 0 bridgehead atoms. The van der Waals surface area contributed by atoms with Crippen LogP contribution in [-0.4, -0.2) is 30.7 Å². The maximum absolute atomic E-state index is 13.2. The molecule has 0 atom stereocenters. The molecular formula is C14H15F4N3O2S. The minimum absolute atomic E-state index is 0.219. The molecule has 0 aliphatic rings. The van der Waals surface area contributed by atoms with Crippen LogP contribution in [0.4, 0.5) is 23.2 Å². The standard InChI is InChI=1S/C14H15F4N3O2S/c1-9-10(8-20-21-9)3-2-6-19-12-5-4-11(15)7-13(12)24(22,23)14(16,17)18/h4-5,7-8,19H,2-3,6H2,1H3,(H,20,21). The molecule has 2 rings (SSSR count). The molecule has 24 heavy (non-hydrogen) atoms. The quantitative estimate of drug-likeness (QED) is 0.609. The molecule has 0 amide bonds. The minimum Gasteiger partial charge on any atom is -0.384 e. The number of nitrogens with one attached hydrogen (secondary N) is 2. The van der Waals surface area contributed by atoms with Crippen molar-refractivity contribution in [3.05, 3.63) is 41.5 Å². The van der Waals surface area contributed by atoms with E-state index in [1.165, 1.54) is 0 Å². The van der Waals surface area contributed by atoms with Gasteiger partial charge < -0.3 is 5.32 Å². The number of nitrogens with zero attached hydrogens (tertiary/aromatic N) is 1. The summed E-state index contributed by atoms with van der Waals surface area (Å²) in [7, 11) is -5.63. The average Bonchev–Trinajstić information content (AvgIpc) is 2.89. The van der Waals surface area contributed by atoms with Gasteiger partial charge in [-0.2, -0.15) is 18.3 Å². The average molecular weight is 365 g/mol. The SMILES string of the molecule is Cc1[nH]ncc1CCCNc1ccc(F)cc1S(=O)(=O)C(F)(F)F. The number of rotatable bonds is 6. The molecule has 5 nitrogen and oxygen atoms in total. The fourth-order valence-electron chi connectivity index (χ4n) is 2.12. The Balaban J connectivity index is 2.12. The fourth-order valence-corrected chi connectivity index (χ4v) is 3.07. The zero-order valence-electron chi connectivity index (χ0n) is 12.6. The highest BCUT2D eigenvalue weighted by molar-refractivity contribution is 7.92. The van der Waals surface area contributed by atoms with Crippen LogP contribution in [0.2, 0.25) is 0 Å². The van der Waals surface area contributed by atoms with Crippen LogP contribution >= 0.6 is 0 Å². The van der Waals surface area contributed by atoms with E-state index in [4.69, 9.17) is 0 Å². The van der Waals surface area contributed by atoms with Gasteiger partial charge in [-0.05, 0) is 43.5 Å². The largest absolute Gasteiger partial charge is 0.501 e. The molecule has 0 radical (unpaired) electrons. The van der Waals surface area contributed by atoms with Crippen LogP contribution < -0.4 is 5.32 Å². The number of aryl methyl sites for hydroxylation is 2. The number of aromatic nitrogens is 2. The van der Waals surface area contributed by atoms with Crippen molar-refractivity contribution in [3.63, 3.8) is 0 Å². The Bertz CT molecular complexity index is 816. The molecule has 10 heteroatoms. The van der Waals surface area contributed by atoms with Gasteiger partial charge in [0.25, 0.3) is 9.84 Å². The van der Waals surface area contributed by atoms with Crippen molar-refractivity contribution in [3.8, 4) is 0 Å². The molecule has 132 valence electrons. The highest BCUT2D eigenvalue weighted by atomic mass is 32.2. The number of aromatic amines is 1. The molecule has 1 heterocycles. The van der Waals surface area contributed by atoms with Crippen molar-refractivity contribution >= 4 is 15.5 Å². The zero-order valence-corrected chi connectivity index (χ0v) is 13.4. The first-order chi connectivity index (χ1) is 11.1. The fraction of sp³-hybridized carbons (Fsp3) is 0.357. The topological polar surface area (TPSA) is 74.8 Å². The summed E-state index contributed by atoms with van der Waals surface area (Å²) in [4.78, 5) is -1.12. The lowest BCUT2D eigenvalue weighted by molar-refractivity contribution is -0.0435. The van der Waals surface area contributed by atoms with Gasteiger partial charge in [0.15, 0.2) is 0 Å². The molecule has 1 aromatic heterocycles. The normalized spacial score (nSPS) is 12.4. The van der Waals surface area contributed by atoms with Crippen LogP contribution in [0.5, 0.6) is 0 Å². The van der Waals surface area contributed by atoms with Gasteiger partial charge in [0, 0.05) is 12.2 Å². The first kappa shape index (κ1) is 18.2. The van der Waals surface area contributed by atoms with E-state index in [0.717, 1.165) is 23.4 Å². The van der Waals surface area contributed by atoms with Gasteiger partial charge >= 0.3 is 5.51 Å². The predicted molar refractivity (Wildman–Crippen MR) is 79.8 cm³/mol. The Kier molecular flexibility index (Phi) is 5.16. The van der Waals surface area contributed by atoms with Crippen LogP contribution in [0.15, 0.2) is 29.3 Å². The monoisotopic (exact) mass is 365 g/mol. The number of sulfone groups is 1. The number of H-pyrrole nitrogens is 1. The number of hydrogen-bond donors (Lipinski definition) is 2. The van der Waals surface area contributed by atoms with E-state index >= 15 is 0 Å². The molecule has 0 saturated carbocycles. The van der Waals surface area contributed by atoms with E-state index in [-0.39, 0.29) is 12.2 Å². The third-order valence-electron chi connectivity index (χ3n) is 3.41. The van der Waals surface area contributed by atoms with Crippen molar-refractivity contribution in [2.75, 3.05) is 11.9 Å². The van der Waals surface area contributed by atoms with Crippen molar-refractivity contribution < 1.29 is 26.0 Å². The third-order valence-corrected chi connectivity index (χ3v) is 4.94. The number of benzene rings is 1. The van der Waals surface area contributed by atoms with Crippen molar-refractivity contribution in [1.29, 1.82) is 0 Å². The molecule has 0 fully saturated rings. The summed E-state index contributed by atoms with van der Waals surface area (Å²) in [5, 5.41) is 9.24. The summed E-state index contributed by atoms with van der Waals surface area (Å²) in [5.74, 6) is -1.06. The number of halogens is 4. The Morgan fingerprint density at radius 2 is 2.00 bits per heavy atom. The zero-order chi connectivity index (χ0) is 18.0. The van der Waals surface area contributed by atoms with E-state index in [2.05, 4.69) is 15.5 Å². The Hall–Kier alpha value is -2.10. The molecule has 0 spiro atoms. The number of anilines is 1. The van der Waals surface area contributed by atoms with E-state index in [1.807, 2.05) is 6.92 Å². The van der Waals surface area contributed by atoms with Gasteiger partial charge in [-0.15, -0.1) is 0 Å². The third kappa shape index (κ3) is 3.86. The maximum atomic E-state index is 13.2. The first-order valence-corrected chi connectivity index (χ1v) is 8.45. The van der Waals surface area contributed by atoms with Gasteiger partial charge in [-0.3, -0.25) is 5.10 Å². The highest BCUT2D eigenvalue weighted by Crippen LogP contribution is 2.34. The van der Waals surface area contributed by atoms with Crippen LogP contribution in [-0.2, 0) is 16.3 Å². The molecule has 2 aromatic rings. The summed E-state index contributed by atoms with van der Waals surface area (Å²) in [5.41, 5.74) is -3.93. The van der Waals surface area contributed by atoms with E-state index < -0.39 is 26.1 Å². The van der Waals surface area contributed by atoms with Gasteiger partial charge in [-0.1, -0.05) is 0 Å². The summed E-state index contributed by atoms with van der Waals surface area (Å²) < 4.78 is 74.4. The summed E-state index contributed by atoms with van der Waals surface area (Å²) in [6.45, 7) is 2.06. The lowest BCUT2D eigenvalue weighted by Gasteiger charge is -2.14. The Morgan fingerprint density at radius 3 is 2.58 bits per heavy atom. The van der Waals surface area contributed by atoms with Crippen LogP contribution in [0.1, 0.15) is 17.7 Å². The molecule has 1 aromatic carbocycles. The molecule has 0 aliphatic carbocycles. The summed E-state index contributed by atoms with van der Waals surface area (Å²) in [6.07, 6.45) is 2.79. The van der Waals surface area contributed by atoms with Crippen molar-refractivity contribution in [1.82, 2.24) is 10.2 Å². The second-order valence-electron chi connectivity index (χ2n) is 5.14. The van der Waals surface area contributed by atoms with Gasteiger partial charge in [-0.25, -0.2) is 12.8 Å². The number of alkyl halides is 3. The van der Waals surface area contributed by atoms with Gasteiger partial charge in [0.2, 0.25) is 0 Å². The predicted octanol–water partition coefficient (Wildman–Crippen LogP) is 3.20. The second kappa shape index (κ2) is 6.80. The molecular weight excluding hydrogens is 350 g/mol. The lowest BCUT2D eigenvalue weighted by atomic mass is 10.1. The number of hydrogen-bond acceptors (Lipinski definition) is 4. The van der Waals surface area contributed by atoms with Crippen LogP contribution in [0.3, 0.4) is 0 Å². The maximum Gasteiger partial charge on any atom is 0.501 e. The van der Waals surface area contributed by atoms with Crippen LogP contribution in [0.25, 0.3) is 0 Å². The van der Waals surface area contributed by atoms with E-state index in [0.29, 0.717) is 18.9 Å². The summed E-state index contributed by atoms with van der Waals surface area (Å²) >= 11 is 0. The van der Waals surface area contributed by atoms with Crippen LogP contribution in [0, 0.1) is 12.7 Å². The first-order valence-electron chi connectivity index (χ1n) is 6.96. The molecule has 0 aliphatic heterocycles. The molecule has 2 N–H and O–H groups in total. The van der Waals surface area contributed by atoms with E-state index in [1.54, 1.807) is 6.20 Å². The lowest BCUT2D eigenvalue weighted by Crippen LogP contribution is -2.24. The van der Waals surface area contributed by atoms with Gasteiger partial charge in [0.1, 0.15) is 10.7 Å². The Morgan fingerprint density at radius 1 is 1.29 bits per heavy atom. The molecule has 0 saturated heterocycles. The summed E-state index contributed by atoms with van der Waals surface area (Å²) in [6, 6.07) is 2.25. The van der Waals surface area contributed by atoms with Gasteiger partial charge in [0.05, 0.1) is 11.9 Å². The molecule has 0 unspecified atom stereocenters. The van der Waals surface area contributed by atoms with Crippen molar-refractivity contribution in [2.24, 2.45) is 0 Å². The highest BCUT2D eigenvalue weighted by Gasteiger charge is 2.48. The van der Waals surface area contributed by atoms with Crippen molar-refractivity contribution in [2.45, 2.75) is 30.2 Å². The van der Waals surface area contributed by atoms with E-state index in [9.17, 15) is 26.0 Å².